The molecule has 0 aliphatic rings. The number of fused-ring (bicyclic) bond motifs is 1. The number of aryl methyl sites for hydroxylation is 1. The van der Waals surface area contributed by atoms with Crippen molar-refractivity contribution in [1.82, 2.24) is 9.55 Å². The molecule has 3 rings (SSSR count). The highest BCUT2D eigenvalue weighted by atomic mass is 35.5. The first-order valence-electron chi connectivity index (χ1n) is 8.04. The van der Waals surface area contributed by atoms with Crippen LogP contribution in [0.15, 0.2) is 49.2 Å². The summed E-state index contributed by atoms with van der Waals surface area (Å²) >= 11 is 0. The molecule has 5 heteroatoms. The smallest absolute Gasteiger partial charge is 0.238 e. The molecular formula is C20H22ClFN2O. The molecule has 2 aromatic heterocycles. The Morgan fingerprint density at radius 2 is 1.92 bits per heavy atom. The van der Waals surface area contributed by atoms with Crippen LogP contribution in [-0.2, 0) is 13.0 Å². The van der Waals surface area contributed by atoms with E-state index in [0.717, 1.165) is 23.0 Å². The van der Waals surface area contributed by atoms with Crippen molar-refractivity contribution in [1.29, 1.82) is 0 Å². The molecule has 25 heavy (non-hydrogen) atoms. The van der Waals surface area contributed by atoms with Crippen LogP contribution in [0.4, 0.5) is 4.39 Å². The fraction of sp³-hybridized carbons (Fsp3) is 0.250. The Kier molecular flexibility index (Phi) is 6.21. The van der Waals surface area contributed by atoms with Gasteiger partial charge in [-0.15, -0.1) is 19.0 Å². The van der Waals surface area contributed by atoms with Crippen molar-refractivity contribution in [3.05, 3.63) is 71.8 Å². The largest absolute Gasteiger partial charge is 0.476 e. The van der Waals surface area contributed by atoms with Gasteiger partial charge in [0.2, 0.25) is 5.88 Å². The van der Waals surface area contributed by atoms with E-state index in [0.29, 0.717) is 18.9 Å². The van der Waals surface area contributed by atoms with Gasteiger partial charge in [-0.3, -0.25) is 0 Å². The number of ether oxygens (including phenoxy) is 1. The lowest BCUT2D eigenvalue weighted by Gasteiger charge is -2.10. The lowest BCUT2D eigenvalue weighted by molar-refractivity contribution is 0.312. The maximum atomic E-state index is 13.0. The minimum absolute atomic E-state index is 0. The third kappa shape index (κ3) is 3.85. The third-order valence-corrected chi connectivity index (χ3v) is 4.37. The first-order valence-corrected chi connectivity index (χ1v) is 8.04. The summed E-state index contributed by atoms with van der Waals surface area (Å²) in [5, 5.41) is 1.15. The van der Waals surface area contributed by atoms with Crippen LogP contribution in [0.2, 0.25) is 0 Å². The van der Waals surface area contributed by atoms with E-state index in [9.17, 15) is 4.39 Å². The number of hydrogen-bond donors (Lipinski definition) is 0. The Hall–Kier alpha value is -2.33. The normalized spacial score (nSPS) is 10.5. The monoisotopic (exact) mass is 360 g/mol. The molecule has 0 N–H and O–H groups in total. The lowest BCUT2D eigenvalue weighted by atomic mass is 10.1. The summed E-state index contributed by atoms with van der Waals surface area (Å²) in [6.07, 6.45) is 4.36. The van der Waals surface area contributed by atoms with E-state index < -0.39 is 0 Å². The van der Waals surface area contributed by atoms with Crippen molar-refractivity contribution in [3.63, 3.8) is 0 Å². The Bertz CT molecular complexity index is 872. The molecule has 0 spiro atoms. The summed E-state index contributed by atoms with van der Waals surface area (Å²) in [5.41, 5.74) is 4.47. The number of aromatic nitrogens is 2. The van der Waals surface area contributed by atoms with Crippen LogP contribution in [0.3, 0.4) is 0 Å². The Morgan fingerprint density at radius 3 is 2.60 bits per heavy atom. The summed E-state index contributed by atoms with van der Waals surface area (Å²) in [5.74, 6) is 0.409. The van der Waals surface area contributed by atoms with E-state index in [4.69, 9.17) is 4.74 Å². The molecule has 2 heterocycles. The second-order valence-corrected chi connectivity index (χ2v) is 5.85. The number of nitrogens with zero attached hydrogens (tertiary/aromatic N) is 2. The number of benzene rings is 1. The van der Waals surface area contributed by atoms with E-state index in [-0.39, 0.29) is 18.2 Å². The van der Waals surface area contributed by atoms with Gasteiger partial charge in [-0.25, -0.2) is 9.37 Å². The van der Waals surface area contributed by atoms with E-state index in [1.54, 1.807) is 18.3 Å². The Labute approximate surface area is 153 Å². The maximum absolute atomic E-state index is 13.0. The minimum Gasteiger partial charge on any atom is -0.476 e. The van der Waals surface area contributed by atoms with Gasteiger partial charge < -0.3 is 9.30 Å². The fourth-order valence-corrected chi connectivity index (χ4v) is 2.94. The highest BCUT2D eigenvalue weighted by Crippen LogP contribution is 2.30. The fourth-order valence-electron chi connectivity index (χ4n) is 2.94. The lowest BCUT2D eigenvalue weighted by Crippen LogP contribution is -2.05. The maximum Gasteiger partial charge on any atom is 0.238 e. The van der Waals surface area contributed by atoms with Crippen LogP contribution >= 0.6 is 12.4 Å². The van der Waals surface area contributed by atoms with Crippen molar-refractivity contribution in [3.8, 4) is 5.88 Å². The van der Waals surface area contributed by atoms with Crippen molar-refractivity contribution >= 4 is 23.3 Å². The topological polar surface area (TPSA) is 27.1 Å². The zero-order valence-electron chi connectivity index (χ0n) is 14.5. The Morgan fingerprint density at radius 1 is 1.20 bits per heavy atom. The van der Waals surface area contributed by atoms with Crippen molar-refractivity contribution < 1.29 is 9.13 Å². The van der Waals surface area contributed by atoms with Gasteiger partial charge in [0, 0.05) is 30.2 Å². The first-order chi connectivity index (χ1) is 11.6. The average Bonchev–Trinajstić information content (AvgIpc) is 2.83. The molecule has 0 aliphatic heterocycles. The molecule has 0 aliphatic carbocycles. The highest BCUT2D eigenvalue weighted by Gasteiger charge is 2.15. The predicted molar refractivity (Wildman–Crippen MR) is 102 cm³/mol. The molecule has 0 fully saturated rings. The molecule has 132 valence electrons. The summed E-state index contributed by atoms with van der Waals surface area (Å²) in [6.45, 7) is 9.26. The van der Waals surface area contributed by atoms with E-state index in [1.165, 1.54) is 23.4 Å². The van der Waals surface area contributed by atoms with Crippen LogP contribution in [0.5, 0.6) is 5.88 Å². The van der Waals surface area contributed by atoms with Gasteiger partial charge in [0.15, 0.2) is 0 Å². The zero-order valence-corrected chi connectivity index (χ0v) is 15.3. The molecule has 0 amide bonds. The predicted octanol–water partition coefficient (Wildman–Crippen LogP) is 5.02. The molecule has 0 unspecified atom stereocenters. The summed E-state index contributed by atoms with van der Waals surface area (Å²) in [6, 6.07) is 8.51. The third-order valence-electron chi connectivity index (χ3n) is 4.37. The summed E-state index contributed by atoms with van der Waals surface area (Å²) < 4.78 is 21.1. The second kappa shape index (κ2) is 8.17. The minimum atomic E-state index is -0.223. The zero-order chi connectivity index (χ0) is 17.1. The number of pyridine rings is 1. The quantitative estimate of drug-likeness (QED) is 0.577. The number of hydrogen-bond acceptors (Lipinski definition) is 2. The average molecular weight is 361 g/mol. The molecule has 3 nitrogen and oxygen atoms in total. The SMILES string of the molecule is C=CCn1c(C)c(C)c2ccnc(OCCc3ccc(F)cc3)c21.Cl. The molecule has 0 saturated carbocycles. The molecule has 0 radical (unpaired) electrons. The van der Waals surface area contributed by atoms with Gasteiger partial charge in [0.25, 0.3) is 0 Å². The van der Waals surface area contributed by atoms with Gasteiger partial charge in [-0.2, -0.15) is 0 Å². The molecule has 0 atom stereocenters. The molecule has 0 saturated heterocycles. The van der Waals surface area contributed by atoms with Crippen molar-refractivity contribution in [2.24, 2.45) is 0 Å². The Balaban J connectivity index is 0.00000225. The van der Waals surface area contributed by atoms with E-state index in [2.05, 4.69) is 30.0 Å². The van der Waals surface area contributed by atoms with Gasteiger partial charge in [-0.1, -0.05) is 18.2 Å². The van der Waals surface area contributed by atoms with Crippen LogP contribution in [-0.4, -0.2) is 16.2 Å². The van der Waals surface area contributed by atoms with E-state index >= 15 is 0 Å². The standard InChI is InChI=1S/C20H21FN2O.ClH/c1-4-12-23-15(3)14(2)18-9-11-22-20(19(18)23)24-13-10-16-5-7-17(21)8-6-16;/h4-9,11H,1,10,12-13H2,2-3H3;1H. The molecule has 0 bridgehead atoms. The number of allylic oxidation sites excluding steroid dienone is 1. The first kappa shape index (κ1) is 19.0. The van der Waals surface area contributed by atoms with E-state index in [1.807, 2.05) is 12.1 Å². The van der Waals surface area contributed by atoms with Gasteiger partial charge in [0.05, 0.1) is 6.61 Å². The molecular weight excluding hydrogens is 339 g/mol. The van der Waals surface area contributed by atoms with Gasteiger partial charge in [0.1, 0.15) is 11.3 Å². The van der Waals surface area contributed by atoms with Crippen LogP contribution in [0.1, 0.15) is 16.8 Å². The molecule has 3 aromatic rings. The molecule has 1 aromatic carbocycles. The highest BCUT2D eigenvalue weighted by molar-refractivity contribution is 5.88. The van der Waals surface area contributed by atoms with Gasteiger partial charge >= 0.3 is 0 Å². The van der Waals surface area contributed by atoms with Crippen molar-refractivity contribution in [2.75, 3.05) is 6.61 Å². The summed E-state index contributed by atoms with van der Waals surface area (Å²) in [7, 11) is 0. The number of rotatable bonds is 6. The van der Waals surface area contributed by atoms with Crippen molar-refractivity contribution in [2.45, 2.75) is 26.8 Å². The number of halogens is 2. The second-order valence-electron chi connectivity index (χ2n) is 5.85. The van der Waals surface area contributed by atoms with Gasteiger partial charge in [-0.05, 0) is 43.2 Å². The van der Waals surface area contributed by atoms with Crippen LogP contribution in [0, 0.1) is 19.7 Å². The van der Waals surface area contributed by atoms with Crippen LogP contribution < -0.4 is 4.74 Å². The summed E-state index contributed by atoms with van der Waals surface area (Å²) in [4.78, 5) is 4.41. The van der Waals surface area contributed by atoms with Crippen LogP contribution in [0.25, 0.3) is 10.9 Å².